The number of hydrogen-bond donors (Lipinski definition) is 1. The largest absolute Gasteiger partial charge is 0.469 e. The van der Waals surface area contributed by atoms with Gasteiger partial charge in [0.05, 0.1) is 28.2 Å². The van der Waals surface area contributed by atoms with Gasteiger partial charge in [-0.05, 0) is 74.6 Å². The number of amides is 1. The Morgan fingerprint density at radius 3 is 2.02 bits per heavy atom. The summed E-state index contributed by atoms with van der Waals surface area (Å²) in [7, 11) is -6.82. The Morgan fingerprint density at radius 1 is 0.809 bits per heavy atom. The minimum Gasteiger partial charge on any atom is -0.469 e. The minimum absolute atomic E-state index is 0.0442. The maximum absolute atomic E-state index is 13.9. The number of alkyl carbamates (subject to hydrolysis) is 1. The van der Waals surface area contributed by atoms with Crippen LogP contribution in [-0.2, 0) is 40.7 Å². The molecule has 1 aliphatic rings. The average molecular weight is 678 g/mol. The van der Waals surface area contributed by atoms with Crippen LogP contribution >= 0.6 is 0 Å². The number of methoxy groups -OCH3 is 1. The molecule has 1 amide bonds. The molecule has 47 heavy (non-hydrogen) atoms. The second kappa shape index (κ2) is 13.9. The summed E-state index contributed by atoms with van der Waals surface area (Å²) in [6.07, 6.45) is 2.90. The standard InChI is InChI=1S/C34H35N3O8S2/c1-24-8-13-28(14-9-24)46(40,41)36-21-19-27-23-31(45-34(39)35-20-6-4-5-7-32(38)44-3)33-26(12-17-30(27)36)18-22-37(33)47(42,43)29-15-10-25(2)11-16-29/h8-11,13-16,18-19,21-22,31H,4-7,20,23H2,1-3H3,(H,35,39). The molecule has 5 rings (SSSR count). The van der Waals surface area contributed by atoms with Gasteiger partial charge in [-0.3, -0.25) is 4.79 Å². The number of unbranched alkanes of at least 4 members (excludes halogenated alkanes) is 2. The fourth-order valence-electron chi connectivity index (χ4n) is 5.21. The van der Waals surface area contributed by atoms with Gasteiger partial charge >= 0.3 is 12.1 Å². The van der Waals surface area contributed by atoms with E-state index < -0.39 is 32.2 Å². The van der Waals surface area contributed by atoms with Crippen LogP contribution in [0.5, 0.6) is 0 Å². The van der Waals surface area contributed by atoms with Gasteiger partial charge in [0.1, 0.15) is 11.8 Å². The molecular formula is C34H35N3O8S2. The van der Waals surface area contributed by atoms with E-state index in [1.807, 2.05) is 13.8 Å². The molecule has 0 saturated heterocycles. The first-order chi connectivity index (χ1) is 22.4. The normalized spacial score (nSPS) is 14.1. The smallest absolute Gasteiger partial charge is 0.407 e. The van der Waals surface area contributed by atoms with Crippen molar-refractivity contribution in [3.8, 4) is 11.8 Å². The maximum atomic E-state index is 13.9. The van der Waals surface area contributed by atoms with Crippen molar-refractivity contribution in [1.82, 2.24) is 13.3 Å². The summed E-state index contributed by atoms with van der Waals surface area (Å²) in [4.78, 5) is 24.5. The highest BCUT2D eigenvalue weighted by Crippen LogP contribution is 2.33. The van der Waals surface area contributed by atoms with E-state index in [1.165, 1.54) is 49.8 Å². The highest BCUT2D eigenvalue weighted by Gasteiger charge is 2.32. The summed E-state index contributed by atoms with van der Waals surface area (Å²) in [6.45, 7) is 3.97. The van der Waals surface area contributed by atoms with E-state index in [2.05, 4.69) is 21.9 Å². The van der Waals surface area contributed by atoms with Crippen molar-refractivity contribution in [2.75, 3.05) is 13.7 Å². The molecule has 246 valence electrons. The first-order valence-electron chi connectivity index (χ1n) is 15.0. The number of nitrogens with zero attached hydrogens (tertiary/aromatic N) is 2. The van der Waals surface area contributed by atoms with Crippen molar-refractivity contribution in [3.63, 3.8) is 0 Å². The number of carbonyl (C=O) groups is 2. The fourth-order valence-corrected chi connectivity index (χ4v) is 7.95. The molecule has 1 unspecified atom stereocenters. The van der Waals surface area contributed by atoms with E-state index in [-0.39, 0.29) is 52.1 Å². The van der Waals surface area contributed by atoms with Crippen molar-refractivity contribution in [2.24, 2.45) is 0 Å². The van der Waals surface area contributed by atoms with E-state index in [0.717, 1.165) is 19.1 Å². The third-order valence-electron chi connectivity index (χ3n) is 7.81. The molecule has 1 aliphatic carbocycles. The second-order valence-corrected chi connectivity index (χ2v) is 14.8. The molecule has 13 heteroatoms. The molecule has 0 aliphatic heterocycles. The van der Waals surface area contributed by atoms with Gasteiger partial charge < -0.3 is 14.8 Å². The predicted octanol–water partition coefficient (Wildman–Crippen LogP) is 4.84. The van der Waals surface area contributed by atoms with Gasteiger partial charge in [0, 0.05) is 31.8 Å². The van der Waals surface area contributed by atoms with Gasteiger partial charge in [-0.15, -0.1) is 0 Å². The predicted molar refractivity (Wildman–Crippen MR) is 174 cm³/mol. The molecule has 0 radical (unpaired) electrons. The lowest BCUT2D eigenvalue weighted by atomic mass is 10.0. The maximum Gasteiger partial charge on any atom is 0.407 e. The molecule has 0 saturated carbocycles. The Morgan fingerprint density at radius 2 is 1.40 bits per heavy atom. The van der Waals surface area contributed by atoms with Crippen LogP contribution in [0.15, 0.2) is 82.8 Å². The van der Waals surface area contributed by atoms with Crippen LogP contribution in [0.4, 0.5) is 4.79 Å². The zero-order valence-corrected chi connectivity index (χ0v) is 27.9. The van der Waals surface area contributed by atoms with Gasteiger partial charge in [0.2, 0.25) is 0 Å². The number of ether oxygens (including phenoxy) is 2. The number of benzene rings is 2. The number of aryl methyl sites for hydroxylation is 2. The zero-order valence-electron chi connectivity index (χ0n) is 26.2. The van der Waals surface area contributed by atoms with Crippen LogP contribution in [0.2, 0.25) is 0 Å². The summed E-state index contributed by atoms with van der Waals surface area (Å²) in [5.41, 5.74) is 2.85. The van der Waals surface area contributed by atoms with Crippen LogP contribution in [0.1, 0.15) is 65.4 Å². The van der Waals surface area contributed by atoms with E-state index in [0.29, 0.717) is 24.8 Å². The molecule has 1 N–H and O–H groups in total. The highest BCUT2D eigenvalue weighted by molar-refractivity contribution is 7.90. The number of aromatic nitrogens is 2. The Bertz CT molecular complexity index is 2070. The number of carbonyl (C=O) groups excluding carboxylic acids is 2. The summed E-state index contributed by atoms with van der Waals surface area (Å²) in [6, 6.07) is 15.9. The Balaban J connectivity index is 1.49. The molecule has 2 aromatic carbocycles. The lowest BCUT2D eigenvalue weighted by Crippen LogP contribution is -2.30. The van der Waals surface area contributed by atoms with Crippen molar-refractivity contribution < 1.29 is 35.9 Å². The lowest BCUT2D eigenvalue weighted by molar-refractivity contribution is -0.140. The molecule has 1 atom stereocenters. The fraction of sp³-hybridized carbons (Fsp3) is 0.294. The number of fused-ring (bicyclic) bond motifs is 2. The van der Waals surface area contributed by atoms with Gasteiger partial charge in [-0.1, -0.05) is 47.7 Å². The average Bonchev–Trinajstić information content (AvgIpc) is 3.65. The van der Waals surface area contributed by atoms with E-state index in [4.69, 9.17) is 4.74 Å². The topological polar surface area (TPSA) is 143 Å². The molecule has 0 bridgehead atoms. The first kappa shape index (κ1) is 33.6. The summed E-state index contributed by atoms with van der Waals surface area (Å²) in [5.74, 6) is 5.59. The van der Waals surface area contributed by atoms with Crippen LogP contribution in [0.25, 0.3) is 0 Å². The molecule has 2 heterocycles. The molecule has 2 aromatic heterocycles. The Kier molecular flexibility index (Phi) is 9.93. The van der Waals surface area contributed by atoms with E-state index in [1.54, 1.807) is 30.3 Å². The Labute approximate surface area is 274 Å². The first-order valence-corrected chi connectivity index (χ1v) is 17.9. The minimum atomic E-state index is -4.12. The third-order valence-corrected chi connectivity index (χ3v) is 11.2. The number of hydrogen-bond acceptors (Lipinski definition) is 8. The number of esters is 1. The van der Waals surface area contributed by atoms with E-state index in [9.17, 15) is 26.4 Å². The highest BCUT2D eigenvalue weighted by atomic mass is 32.2. The van der Waals surface area contributed by atoms with Crippen LogP contribution in [0, 0.1) is 25.7 Å². The van der Waals surface area contributed by atoms with Crippen molar-refractivity contribution in [1.29, 1.82) is 0 Å². The van der Waals surface area contributed by atoms with Gasteiger partial charge in [-0.2, -0.15) is 0 Å². The summed E-state index contributed by atoms with van der Waals surface area (Å²) < 4.78 is 67.7. The summed E-state index contributed by atoms with van der Waals surface area (Å²) >= 11 is 0. The SMILES string of the molecule is COC(=O)CCCCCNC(=O)OC1Cc2ccn(S(=O)(=O)c3ccc(C)cc3)c2C#Cc2ccn(S(=O)(=O)c3ccc(C)cc3)c21. The van der Waals surface area contributed by atoms with Crippen molar-refractivity contribution in [3.05, 3.63) is 107 Å². The van der Waals surface area contributed by atoms with E-state index >= 15 is 0 Å². The molecule has 11 nitrogen and oxygen atoms in total. The van der Waals surface area contributed by atoms with Gasteiger partial charge in [0.15, 0.2) is 0 Å². The number of nitrogens with one attached hydrogen (secondary N) is 1. The molecule has 0 fully saturated rings. The quantitative estimate of drug-likeness (QED) is 0.135. The zero-order chi connectivity index (χ0) is 33.8. The van der Waals surface area contributed by atoms with Crippen molar-refractivity contribution in [2.45, 2.75) is 61.8 Å². The van der Waals surface area contributed by atoms with Crippen LogP contribution in [-0.4, -0.2) is 50.5 Å². The molecule has 4 aromatic rings. The van der Waals surface area contributed by atoms with Crippen molar-refractivity contribution >= 4 is 32.1 Å². The van der Waals surface area contributed by atoms with Crippen LogP contribution < -0.4 is 5.32 Å². The third kappa shape index (κ3) is 7.29. The summed E-state index contributed by atoms with van der Waals surface area (Å²) in [5, 5.41) is 2.69. The molecular weight excluding hydrogens is 643 g/mol. The number of rotatable bonds is 11. The lowest BCUT2D eigenvalue weighted by Gasteiger charge is -2.22. The monoisotopic (exact) mass is 677 g/mol. The molecule has 0 spiro atoms. The van der Waals surface area contributed by atoms with Crippen LogP contribution in [0.3, 0.4) is 0 Å². The van der Waals surface area contributed by atoms with Gasteiger partial charge in [-0.25, -0.2) is 29.6 Å². The second-order valence-electron chi connectivity index (χ2n) is 11.2. The van der Waals surface area contributed by atoms with Gasteiger partial charge in [0.25, 0.3) is 20.0 Å². The Hall–Kier alpha value is -4.80.